The third kappa shape index (κ3) is 2.37. The molecular formula is C13H19NS. The second kappa shape index (κ2) is 4.58. The minimum absolute atomic E-state index is 0.494. The second-order valence-electron chi connectivity index (χ2n) is 4.36. The van der Waals surface area contributed by atoms with E-state index in [2.05, 4.69) is 56.0 Å². The Bertz CT molecular complexity index is 348. The summed E-state index contributed by atoms with van der Waals surface area (Å²) in [7, 11) is 0. The molecule has 0 aromatic heterocycles. The molecule has 2 unspecified atom stereocenters. The summed E-state index contributed by atoms with van der Waals surface area (Å²) >= 11 is 2.05. The Hall–Kier alpha value is -0.470. The lowest BCUT2D eigenvalue weighted by Gasteiger charge is -2.29. The Morgan fingerprint density at radius 2 is 2.13 bits per heavy atom. The summed E-state index contributed by atoms with van der Waals surface area (Å²) in [6.45, 7) is 7.89. The Labute approximate surface area is 96.7 Å². The predicted molar refractivity (Wildman–Crippen MR) is 68.3 cm³/mol. The zero-order valence-electron chi connectivity index (χ0n) is 9.71. The fourth-order valence-electron chi connectivity index (χ4n) is 2.01. The summed E-state index contributed by atoms with van der Waals surface area (Å²) in [6, 6.07) is 6.61. The molecule has 1 N–H and O–H groups in total. The van der Waals surface area contributed by atoms with Gasteiger partial charge in [0, 0.05) is 5.25 Å². The second-order valence-corrected chi connectivity index (χ2v) is 5.91. The highest BCUT2D eigenvalue weighted by Crippen LogP contribution is 2.36. The van der Waals surface area contributed by atoms with E-state index in [1.54, 1.807) is 0 Å². The van der Waals surface area contributed by atoms with Crippen molar-refractivity contribution >= 4 is 11.8 Å². The molecule has 2 atom stereocenters. The van der Waals surface area contributed by atoms with Gasteiger partial charge < -0.3 is 5.32 Å². The van der Waals surface area contributed by atoms with Crippen LogP contribution in [0.25, 0.3) is 0 Å². The number of aryl methyl sites for hydroxylation is 1. The summed E-state index contributed by atoms with van der Waals surface area (Å²) in [5.41, 5.74) is 4.30. The molecule has 1 heterocycles. The third-order valence-corrected chi connectivity index (χ3v) is 4.57. The van der Waals surface area contributed by atoms with E-state index < -0.39 is 0 Å². The molecule has 1 fully saturated rings. The largest absolute Gasteiger partial charge is 0.302 e. The highest BCUT2D eigenvalue weighted by atomic mass is 32.2. The molecule has 1 aliphatic heterocycles. The summed E-state index contributed by atoms with van der Waals surface area (Å²) in [5, 5.41) is 4.87. The van der Waals surface area contributed by atoms with Crippen LogP contribution in [0, 0.1) is 13.8 Å². The zero-order chi connectivity index (χ0) is 10.8. The number of hydrogen-bond acceptors (Lipinski definition) is 2. The quantitative estimate of drug-likeness (QED) is 0.780. The van der Waals surface area contributed by atoms with Crippen LogP contribution in [0.3, 0.4) is 0 Å². The zero-order valence-corrected chi connectivity index (χ0v) is 10.5. The first-order valence-corrected chi connectivity index (χ1v) is 6.57. The van der Waals surface area contributed by atoms with Crippen molar-refractivity contribution in [2.75, 3.05) is 6.54 Å². The Kier molecular flexibility index (Phi) is 3.37. The van der Waals surface area contributed by atoms with Gasteiger partial charge in [-0.25, -0.2) is 0 Å². The first kappa shape index (κ1) is 11.0. The molecule has 1 aliphatic rings. The molecule has 1 saturated heterocycles. The van der Waals surface area contributed by atoms with Gasteiger partial charge in [0.25, 0.3) is 0 Å². The molecule has 1 nitrogen and oxygen atoms in total. The van der Waals surface area contributed by atoms with E-state index >= 15 is 0 Å². The van der Waals surface area contributed by atoms with Crippen molar-refractivity contribution in [1.82, 2.24) is 5.32 Å². The Balaban J connectivity index is 2.24. The van der Waals surface area contributed by atoms with Crippen LogP contribution in [0.2, 0.25) is 0 Å². The van der Waals surface area contributed by atoms with Crippen molar-refractivity contribution in [2.45, 2.75) is 37.8 Å². The van der Waals surface area contributed by atoms with E-state index in [-0.39, 0.29) is 0 Å². The lowest BCUT2D eigenvalue weighted by Crippen LogP contribution is -2.29. The minimum atomic E-state index is 0.494. The maximum absolute atomic E-state index is 3.60. The SMILES string of the molecule is Cc1cccc(C2NCCC(C)S2)c1C. The van der Waals surface area contributed by atoms with Gasteiger partial charge in [0.2, 0.25) is 0 Å². The molecule has 0 bridgehead atoms. The van der Waals surface area contributed by atoms with Gasteiger partial charge in [-0.15, -0.1) is 11.8 Å². The summed E-state index contributed by atoms with van der Waals surface area (Å²) in [6.07, 6.45) is 1.28. The number of benzene rings is 1. The highest BCUT2D eigenvalue weighted by molar-refractivity contribution is 8.00. The van der Waals surface area contributed by atoms with E-state index in [9.17, 15) is 0 Å². The first-order chi connectivity index (χ1) is 7.18. The van der Waals surface area contributed by atoms with Crippen molar-refractivity contribution in [3.63, 3.8) is 0 Å². The van der Waals surface area contributed by atoms with Crippen LogP contribution in [0.15, 0.2) is 18.2 Å². The molecule has 15 heavy (non-hydrogen) atoms. The average Bonchev–Trinajstić information content (AvgIpc) is 2.22. The summed E-state index contributed by atoms with van der Waals surface area (Å²) in [4.78, 5) is 0. The first-order valence-electron chi connectivity index (χ1n) is 5.63. The minimum Gasteiger partial charge on any atom is -0.302 e. The van der Waals surface area contributed by atoms with Crippen molar-refractivity contribution in [3.8, 4) is 0 Å². The van der Waals surface area contributed by atoms with E-state index in [4.69, 9.17) is 0 Å². The fourth-order valence-corrected chi connectivity index (χ4v) is 3.34. The molecule has 2 rings (SSSR count). The maximum Gasteiger partial charge on any atom is 0.0794 e. The average molecular weight is 221 g/mol. The lowest BCUT2D eigenvalue weighted by atomic mass is 10.0. The lowest BCUT2D eigenvalue weighted by molar-refractivity contribution is 0.603. The van der Waals surface area contributed by atoms with Crippen LogP contribution in [0.4, 0.5) is 0 Å². The van der Waals surface area contributed by atoms with Crippen LogP contribution >= 0.6 is 11.8 Å². The molecule has 0 aliphatic carbocycles. The molecule has 0 spiro atoms. The maximum atomic E-state index is 3.60. The molecule has 2 heteroatoms. The smallest absolute Gasteiger partial charge is 0.0794 e. The van der Waals surface area contributed by atoms with E-state index in [0.29, 0.717) is 5.37 Å². The summed E-state index contributed by atoms with van der Waals surface area (Å²) < 4.78 is 0. The van der Waals surface area contributed by atoms with Crippen molar-refractivity contribution < 1.29 is 0 Å². The number of nitrogens with one attached hydrogen (secondary N) is 1. The van der Waals surface area contributed by atoms with Gasteiger partial charge in [-0.3, -0.25) is 0 Å². The van der Waals surface area contributed by atoms with Gasteiger partial charge >= 0.3 is 0 Å². The Morgan fingerprint density at radius 3 is 2.87 bits per heavy atom. The Morgan fingerprint density at radius 1 is 1.33 bits per heavy atom. The number of rotatable bonds is 1. The summed E-state index contributed by atoms with van der Waals surface area (Å²) in [5.74, 6) is 0. The fraction of sp³-hybridized carbons (Fsp3) is 0.538. The highest BCUT2D eigenvalue weighted by Gasteiger charge is 2.21. The van der Waals surface area contributed by atoms with Gasteiger partial charge in [-0.2, -0.15) is 0 Å². The van der Waals surface area contributed by atoms with Gasteiger partial charge in [-0.1, -0.05) is 25.1 Å². The molecule has 0 radical (unpaired) electrons. The standard InChI is InChI=1S/C13H19NS/c1-9-5-4-6-12(11(9)3)13-14-8-7-10(2)15-13/h4-6,10,13-14H,7-8H2,1-3H3. The van der Waals surface area contributed by atoms with Gasteiger partial charge in [0.1, 0.15) is 0 Å². The van der Waals surface area contributed by atoms with Crippen molar-refractivity contribution in [3.05, 3.63) is 34.9 Å². The molecule has 0 saturated carbocycles. The van der Waals surface area contributed by atoms with Crippen molar-refractivity contribution in [1.29, 1.82) is 0 Å². The normalized spacial score (nSPS) is 26.6. The van der Waals surface area contributed by atoms with Crippen LogP contribution in [0.5, 0.6) is 0 Å². The molecule has 0 amide bonds. The predicted octanol–water partition coefficient (Wildman–Crippen LogP) is 3.42. The monoisotopic (exact) mass is 221 g/mol. The van der Waals surface area contributed by atoms with Gasteiger partial charge in [0.05, 0.1) is 5.37 Å². The third-order valence-electron chi connectivity index (χ3n) is 3.18. The molecular weight excluding hydrogens is 202 g/mol. The number of thioether (sulfide) groups is 1. The molecule has 1 aromatic rings. The van der Waals surface area contributed by atoms with E-state index in [1.807, 2.05) is 0 Å². The van der Waals surface area contributed by atoms with E-state index in [1.165, 1.54) is 23.1 Å². The topological polar surface area (TPSA) is 12.0 Å². The van der Waals surface area contributed by atoms with Crippen LogP contribution in [-0.2, 0) is 0 Å². The van der Waals surface area contributed by atoms with E-state index in [0.717, 1.165) is 11.8 Å². The van der Waals surface area contributed by atoms with Gasteiger partial charge in [0.15, 0.2) is 0 Å². The number of hydrogen-bond donors (Lipinski definition) is 1. The van der Waals surface area contributed by atoms with Crippen LogP contribution in [-0.4, -0.2) is 11.8 Å². The van der Waals surface area contributed by atoms with Gasteiger partial charge in [-0.05, 0) is 43.5 Å². The van der Waals surface area contributed by atoms with Crippen LogP contribution < -0.4 is 5.32 Å². The molecule has 1 aromatic carbocycles. The molecule has 82 valence electrons. The van der Waals surface area contributed by atoms with Crippen molar-refractivity contribution in [2.24, 2.45) is 0 Å². The van der Waals surface area contributed by atoms with Crippen LogP contribution in [0.1, 0.15) is 35.4 Å².